The predicted octanol–water partition coefficient (Wildman–Crippen LogP) is 2.44. The van der Waals surface area contributed by atoms with E-state index in [9.17, 15) is 4.79 Å². The number of halogens is 1. The van der Waals surface area contributed by atoms with Crippen molar-refractivity contribution in [2.45, 2.75) is 13.0 Å². The summed E-state index contributed by atoms with van der Waals surface area (Å²) in [5, 5.41) is 10.3. The largest absolute Gasteiger partial charge is 0.481 e. The first-order chi connectivity index (χ1) is 10.1. The van der Waals surface area contributed by atoms with Gasteiger partial charge in [-0.15, -0.1) is 10.2 Å². The van der Waals surface area contributed by atoms with Gasteiger partial charge in [0, 0.05) is 13.1 Å². The molecule has 2 rings (SSSR count). The third kappa shape index (κ3) is 4.32. The molecule has 1 atom stereocenters. The molecule has 0 spiro atoms. The predicted molar refractivity (Wildman–Crippen MR) is 77.7 cm³/mol. The summed E-state index contributed by atoms with van der Waals surface area (Å²) in [6, 6.07) is 10.0. The van der Waals surface area contributed by atoms with Crippen molar-refractivity contribution in [1.82, 2.24) is 15.5 Å². The molecule has 0 aliphatic carbocycles. The number of hydrogen-bond donors (Lipinski definition) is 1. The molecule has 0 saturated heterocycles. The maximum absolute atomic E-state index is 11.4. The second kappa shape index (κ2) is 6.90. The average Bonchev–Trinajstić information content (AvgIpc) is 2.50. The molecule has 0 bridgehead atoms. The molecule has 1 N–H and O–H groups in total. The van der Waals surface area contributed by atoms with Gasteiger partial charge in [0.1, 0.15) is 11.5 Å². The minimum atomic E-state index is -0.566. The normalized spacial score (nSPS) is 11.6. The third-order valence-electron chi connectivity index (χ3n) is 2.58. The monoisotopic (exact) mass is 307 g/mol. The van der Waals surface area contributed by atoms with Gasteiger partial charge < -0.3 is 14.8 Å². The quantitative estimate of drug-likeness (QED) is 0.918. The number of nitrogens with zero attached hydrogens (tertiary/aromatic N) is 2. The summed E-state index contributed by atoms with van der Waals surface area (Å²) < 4.78 is 11.0. The standard InChI is InChI=1S/C14H14ClN3O3/c1-9(14(19)16-2)20-10-3-5-11(6-4-10)21-13-8-7-12(15)17-18-13/h3-9H,1-2H3,(H,16,19). The number of rotatable bonds is 5. The first-order valence-corrected chi connectivity index (χ1v) is 6.61. The van der Waals surface area contributed by atoms with Crippen LogP contribution in [0, 0.1) is 0 Å². The number of carbonyl (C=O) groups excluding carboxylic acids is 1. The first kappa shape index (κ1) is 15.1. The van der Waals surface area contributed by atoms with E-state index in [0.717, 1.165) is 0 Å². The van der Waals surface area contributed by atoms with Gasteiger partial charge in [0.05, 0.1) is 0 Å². The van der Waals surface area contributed by atoms with Crippen LogP contribution in [0.4, 0.5) is 0 Å². The second-order valence-corrected chi connectivity index (χ2v) is 4.53. The lowest BCUT2D eigenvalue weighted by Crippen LogP contribution is -2.33. The highest BCUT2D eigenvalue weighted by molar-refractivity contribution is 6.29. The average molecular weight is 308 g/mol. The van der Waals surface area contributed by atoms with Crippen LogP contribution < -0.4 is 14.8 Å². The molecule has 110 valence electrons. The first-order valence-electron chi connectivity index (χ1n) is 6.24. The topological polar surface area (TPSA) is 73.3 Å². The van der Waals surface area contributed by atoms with E-state index in [4.69, 9.17) is 21.1 Å². The molecular weight excluding hydrogens is 294 g/mol. The van der Waals surface area contributed by atoms with E-state index in [-0.39, 0.29) is 5.91 Å². The van der Waals surface area contributed by atoms with Crippen LogP contribution in [-0.2, 0) is 4.79 Å². The minimum Gasteiger partial charge on any atom is -0.481 e. The fourth-order valence-electron chi connectivity index (χ4n) is 1.53. The van der Waals surface area contributed by atoms with Crippen LogP contribution in [0.15, 0.2) is 36.4 Å². The number of hydrogen-bond acceptors (Lipinski definition) is 5. The molecule has 0 radical (unpaired) electrons. The molecule has 7 heteroatoms. The molecule has 1 aromatic heterocycles. The highest BCUT2D eigenvalue weighted by Crippen LogP contribution is 2.23. The Hall–Kier alpha value is -2.34. The molecule has 0 aliphatic heterocycles. The number of likely N-dealkylation sites (N-methyl/N-ethyl adjacent to an activating group) is 1. The molecule has 2 aromatic rings. The summed E-state index contributed by atoms with van der Waals surface area (Å²) in [6.07, 6.45) is -0.566. The Morgan fingerprint density at radius 2 is 1.81 bits per heavy atom. The number of benzene rings is 1. The van der Waals surface area contributed by atoms with Gasteiger partial charge in [0.2, 0.25) is 5.88 Å². The molecule has 1 amide bonds. The fraction of sp³-hybridized carbons (Fsp3) is 0.214. The summed E-state index contributed by atoms with van der Waals surface area (Å²) in [5.41, 5.74) is 0. The summed E-state index contributed by atoms with van der Waals surface area (Å²) in [6.45, 7) is 1.67. The van der Waals surface area contributed by atoms with Gasteiger partial charge in [-0.05, 0) is 37.3 Å². The van der Waals surface area contributed by atoms with Gasteiger partial charge in [-0.2, -0.15) is 0 Å². The minimum absolute atomic E-state index is 0.188. The zero-order chi connectivity index (χ0) is 15.2. The summed E-state index contributed by atoms with van der Waals surface area (Å²) in [7, 11) is 1.56. The van der Waals surface area contributed by atoms with Crippen LogP contribution in [-0.4, -0.2) is 29.3 Å². The van der Waals surface area contributed by atoms with Crippen molar-refractivity contribution in [1.29, 1.82) is 0 Å². The Bertz CT molecular complexity index is 602. The summed E-state index contributed by atoms with van der Waals surface area (Å²) in [4.78, 5) is 11.4. The van der Waals surface area contributed by atoms with Crippen molar-refractivity contribution in [3.8, 4) is 17.4 Å². The number of carbonyl (C=O) groups is 1. The molecule has 6 nitrogen and oxygen atoms in total. The van der Waals surface area contributed by atoms with E-state index in [2.05, 4.69) is 15.5 Å². The van der Waals surface area contributed by atoms with E-state index >= 15 is 0 Å². The van der Waals surface area contributed by atoms with Crippen molar-refractivity contribution in [2.75, 3.05) is 7.05 Å². The van der Waals surface area contributed by atoms with E-state index in [1.54, 1.807) is 50.4 Å². The van der Waals surface area contributed by atoms with Crippen LogP contribution in [0.25, 0.3) is 0 Å². The fourth-order valence-corrected chi connectivity index (χ4v) is 1.63. The van der Waals surface area contributed by atoms with Crippen LogP contribution in [0.5, 0.6) is 17.4 Å². The lowest BCUT2D eigenvalue weighted by Gasteiger charge is -2.13. The lowest BCUT2D eigenvalue weighted by molar-refractivity contribution is -0.126. The highest BCUT2D eigenvalue weighted by atomic mass is 35.5. The van der Waals surface area contributed by atoms with Crippen molar-refractivity contribution in [3.63, 3.8) is 0 Å². The second-order valence-electron chi connectivity index (χ2n) is 4.14. The van der Waals surface area contributed by atoms with Crippen LogP contribution >= 0.6 is 11.6 Å². The number of amides is 1. The lowest BCUT2D eigenvalue weighted by atomic mass is 10.3. The maximum atomic E-state index is 11.4. The molecule has 0 fully saturated rings. The molecule has 1 heterocycles. The maximum Gasteiger partial charge on any atom is 0.260 e. The van der Waals surface area contributed by atoms with Crippen molar-refractivity contribution in [2.24, 2.45) is 0 Å². The van der Waals surface area contributed by atoms with E-state index < -0.39 is 6.10 Å². The zero-order valence-electron chi connectivity index (χ0n) is 11.5. The van der Waals surface area contributed by atoms with Gasteiger partial charge in [0.25, 0.3) is 5.91 Å². The Morgan fingerprint density at radius 1 is 1.14 bits per heavy atom. The van der Waals surface area contributed by atoms with Crippen LogP contribution in [0.3, 0.4) is 0 Å². The van der Waals surface area contributed by atoms with Gasteiger partial charge in [-0.1, -0.05) is 11.6 Å². The van der Waals surface area contributed by atoms with Crippen molar-refractivity contribution >= 4 is 17.5 Å². The Morgan fingerprint density at radius 3 is 2.38 bits per heavy atom. The molecule has 1 aromatic carbocycles. The van der Waals surface area contributed by atoms with Gasteiger partial charge in [0.15, 0.2) is 11.3 Å². The highest BCUT2D eigenvalue weighted by Gasteiger charge is 2.12. The van der Waals surface area contributed by atoms with Gasteiger partial charge >= 0.3 is 0 Å². The molecule has 21 heavy (non-hydrogen) atoms. The number of aromatic nitrogens is 2. The molecule has 0 aliphatic rings. The van der Waals surface area contributed by atoms with E-state index in [0.29, 0.717) is 22.5 Å². The van der Waals surface area contributed by atoms with Crippen LogP contribution in [0.1, 0.15) is 6.92 Å². The third-order valence-corrected chi connectivity index (χ3v) is 2.78. The molecular formula is C14H14ClN3O3. The van der Waals surface area contributed by atoms with Gasteiger partial charge in [-0.3, -0.25) is 4.79 Å². The molecule has 0 saturated carbocycles. The van der Waals surface area contributed by atoms with E-state index in [1.807, 2.05) is 0 Å². The summed E-state index contributed by atoms with van der Waals surface area (Å²) in [5.74, 6) is 1.30. The zero-order valence-corrected chi connectivity index (χ0v) is 12.3. The van der Waals surface area contributed by atoms with Crippen molar-refractivity contribution in [3.05, 3.63) is 41.6 Å². The van der Waals surface area contributed by atoms with Gasteiger partial charge in [-0.25, -0.2) is 0 Å². The Kier molecular flexibility index (Phi) is 4.94. The number of ether oxygens (including phenoxy) is 2. The Balaban J connectivity index is 1.98. The van der Waals surface area contributed by atoms with Crippen molar-refractivity contribution < 1.29 is 14.3 Å². The number of nitrogens with one attached hydrogen (secondary N) is 1. The van der Waals surface area contributed by atoms with Crippen LogP contribution in [0.2, 0.25) is 5.15 Å². The smallest absolute Gasteiger partial charge is 0.260 e. The van der Waals surface area contributed by atoms with E-state index in [1.165, 1.54) is 0 Å². The Labute approximate surface area is 127 Å². The molecule has 1 unspecified atom stereocenters. The SMILES string of the molecule is CNC(=O)C(C)Oc1ccc(Oc2ccc(Cl)nn2)cc1. The summed E-state index contributed by atoms with van der Waals surface area (Å²) >= 11 is 5.64.